The topological polar surface area (TPSA) is 156 Å². The number of nitrogen functional groups attached to an aromatic ring is 1. The van der Waals surface area contributed by atoms with Crippen LogP contribution in [0.4, 0.5) is 20.2 Å². The number of nitrogens with two attached hydrogens (primary N) is 1. The molecular weight excluding hydrogens is 737 g/mol. The molecule has 0 fully saturated rings. The van der Waals surface area contributed by atoms with Crippen molar-refractivity contribution in [3.05, 3.63) is 117 Å². The Bertz CT molecular complexity index is 2140. The van der Waals surface area contributed by atoms with Crippen LogP contribution in [0.3, 0.4) is 0 Å². The van der Waals surface area contributed by atoms with E-state index in [9.17, 15) is 35.2 Å². The Hall–Kier alpha value is -4.12. The summed E-state index contributed by atoms with van der Waals surface area (Å²) in [6, 6.07) is 17.0. The predicted octanol–water partition coefficient (Wildman–Crippen LogP) is 6.81. The number of fused-ring (bicyclic) bond motifs is 2. The van der Waals surface area contributed by atoms with Crippen molar-refractivity contribution in [2.45, 2.75) is 37.7 Å². The molecule has 0 spiro atoms. The molecule has 17 heteroatoms. The van der Waals surface area contributed by atoms with Crippen molar-refractivity contribution in [1.29, 1.82) is 0 Å². The van der Waals surface area contributed by atoms with Gasteiger partial charge in [-0.25, -0.2) is 30.4 Å². The van der Waals surface area contributed by atoms with E-state index < -0.39 is 43.6 Å². The van der Waals surface area contributed by atoms with Crippen molar-refractivity contribution in [3.63, 3.8) is 0 Å². The number of amides is 1. The summed E-state index contributed by atoms with van der Waals surface area (Å²) in [5.41, 5.74) is 7.61. The van der Waals surface area contributed by atoms with E-state index in [1.54, 1.807) is 18.2 Å². The number of benzene rings is 4. The summed E-state index contributed by atoms with van der Waals surface area (Å²) in [5.74, 6) is -2.01. The Balaban J connectivity index is 0.000000280. The van der Waals surface area contributed by atoms with Gasteiger partial charge in [-0.05, 0) is 60.7 Å². The number of rotatable bonds is 3. The van der Waals surface area contributed by atoms with Gasteiger partial charge in [0.15, 0.2) is 0 Å². The number of anilines is 2. The molecule has 0 bridgehead atoms. The van der Waals surface area contributed by atoms with Gasteiger partial charge in [-0.3, -0.25) is 4.79 Å². The number of hydrogen-bond acceptors (Lipinski definition) is 8. The maximum atomic E-state index is 13.2. The largest absolute Gasteiger partial charge is 0.465 e. The van der Waals surface area contributed by atoms with Crippen LogP contribution in [-0.4, -0.2) is 58.5 Å². The average molecular weight is 774 g/mol. The molecule has 0 aromatic heterocycles. The number of nitrogens with zero attached hydrogens (tertiary/aromatic N) is 2. The maximum Gasteiger partial charge on any atom is 0.338 e. The molecule has 4 aromatic carbocycles. The van der Waals surface area contributed by atoms with Gasteiger partial charge in [-0.15, -0.1) is 0 Å². The van der Waals surface area contributed by atoms with Gasteiger partial charge in [0.2, 0.25) is 20.0 Å². The summed E-state index contributed by atoms with van der Waals surface area (Å²) in [7, 11) is -2.76. The van der Waals surface area contributed by atoms with E-state index in [2.05, 4.69) is 10.1 Å². The maximum absolute atomic E-state index is 13.2. The van der Waals surface area contributed by atoms with Crippen molar-refractivity contribution < 1.29 is 39.9 Å². The molecule has 0 radical (unpaired) electrons. The van der Waals surface area contributed by atoms with E-state index >= 15 is 0 Å². The number of methoxy groups -OCH3 is 1. The molecule has 2 aliphatic rings. The van der Waals surface area contributed by atoms with E-state index in [1.165, 1.54) is 78.3 Å². The van der Waals surface area contributed by atoms with Crippen molar-refractivity contribution in [1.82, 2.24) is 8.61 Å². The van der Waals surface area contributed by atoms with Crippen molar-refractivity contribution in [2.24, 2.45) is 0 Å². The molecule has 0 saturated carbocycles. The lowest BCUT2D eigenvalue weighted by Gasteiger charge is -2.09. The second-order valence-electron chi connectivity index (χ2n) is 10.3. The van der Waals surface area contributed by atoms with Crippen LogP contribution in [0.25, 0.3) is 0 Å². The SMILES string of the molecule is C.C.CN1Cc2c(C(=O)Nc3ccc(F)c(Cl)c3)cccc2S1(=O)=O.COC(=O)c1cccc2c1CN(C)S2(=O)=O.Nc1ccc(F)c(Cl)c1. The van der Waals surface area contributed by atoms with Gasteiger partial charge in [0.05, 0.1) is 32.5 Å². The molecule has 11 nitrogen and oxygen atoms in total. The minimum Gasteiger partial charge on any atom is -0.465 e. The highest BCUT2D eigenvalue weighted by Crippen LogP contribution is 2.33. The Morgan fingerprint density at radius 3 is 1.68 bits per heavy atom. The summed E-state index contributed by atoms with van der Waals surface area (Å²) in [5, 5.41) is 2.55. The first-order valence-electron chi connectivity index (χ1n) is 13.7. The highest BCUT2D eigenvalue weighted by atomic mass is 35.5. The van der Waals surface area contributed by atoms with Crippen LogP contribution >= 0.6 is 23.2 Å². The van der Waals surface area contributed by atoms with Crippen molar-refractivity contribution in [2.75, 3.05) is 32.3 Å². The lowest BCUT2D eigenvalue weighted by Crippen LogP contribution is -2.18. The number of esters is 1. The smallest absolute Gasteiger partial charge is 0.338 e. The minimum absolute atomic E-state index is 0. The summed E-state index contributed by atoms with van der Waals surface area (Å²) in [4.78, 5) is 24.2. The van der Waals surface area contributed by atoms with E-state index in [-0.39, 0.29) is 53.3 Å². The number of sulfonamides is 2. The van der Waals surface area contributed by atoms with Gasteiger partial charge in [0.25, 0.3) is 5.91 Å². The number of nitrogens with one attached hydrogen (secondary N) is 1. The molecule has 3 N–H and O–H groups in total. The molecule has 0 unspecified atom stereocenters. The van der Waals surface area contributed by atoms with E-state index in [1.807, 2.05) is 0 Å². The van der Waals surface area contributed by atoms with Crippen molar-refractivity contribution >= 4 is 66.5 Å². The monoisotopic (exact) mass is 772 g/mol. The van der Waals surface area contributed by atoms with E-state index in [4.69, 9.17) is 28.9 Å². The van der Waals surface area contributed by atoms with Gasteiger partial charge < -0.3 is 15.8 Å². The zero-order valence-electron chi connectivity index (χ0n) is 25.5. The van der Waals surface area contributed by atoms with Gasteiger partial charge in [0, 0.05) is 55.2 Å². The molecule has 6 rings (SSSR count). The standard InChI is InChI=1S/C15H12ClFN2O3S.C10H11NO4S.C6H5ClFN.2CH4/c1-19-8-11-10(3-2-4-14(11)23(19,21)22)15(20)18-9-5-6-13(17)12(16)7-9;1-11-6-8-7(10(12)15-2)4-3-5-9(8)16(11,13)14;7-5-3-4(9)1-2-6(5)8;;/h2-7H,8H2,1H3,(H,18,20);3-5H,6H2,1-2H3;1-3H,9H2;2*1H4. The number of hydrogen-bond donors (Lipinski definition) is 2. The van der Waals surface area contributed by atoms with Gasteiger partial charge >= 0.3 is 5.97 Å². The zero-order chi connectivity index (χ0) is 35.6. The average Bonchev–Trinajstić information content (AvgIpc) is 3.42. The second kappa shape index (κ2) is 16.7. The highest BCUT2D eigenvalue weighted by molar-refractivity contribution is 7.89. The Labute approximate surface area is 300 Å². The second-order valence-corrected chi connectivity index (χ2v) is 15.2. The fraction of sp³-hybridized carbons (Fsp3) is 0.212. The third kappa shape index (κ3) is 8.78. The van der Waals surface area contributed by atoms with Crippen LogP contribution in [0.5, 0.6) is 0 Å². The summed E-state index contributed by atoms with van der Waals surface area (Å²) < 4.78 is 80.4. The highest BCUT2D eigenvalue weighted by Gasteiger charge is 2.35. The quantitative estimate of drug-likeness (QED) is 0.170. The fourth-order valence-corrected chi connectivity index (χ4v) is 7.80. The van der Waals surface area contributed by atoms with Gasteiger partial charge in [0.1, 0.15) is 11.6 Å². The first-order valence-corrected chi connectivity index (χ1v) is 17.3. The molecule has 0 atom stereocenters. The summed E-state index contributed by atoms with van der Waals surface area (Å²) in [6.07, 6.45) is 0. The zero-order valence-corrected chi connectivity index (χ0v) is 28.6. The lowest BCUT2D eigenvalue weighted by molar-refractivity contribution is 0.0598. The number of carbonyl (C=O) groups excluding carboxylic acids is 2. The number of carbonyl (C=O) groups is 2. The molecule has 4 aromatic rings. The van der Waals surface area contributed by atoms with Gasteiger partial charge in [-0.1, -0.05) is 50.2 Å². The fourth-order valence-electron chi connectivity index (χ4n) is 4.69. The summed E-state index contributed by atoms with van der Waals surface area (Å²) in [6.45, 7) is 0.342. The molecular formula is C33H36Cl2F2N4O7S2. The van der Waals surface area contributed by atoms with Crippen LogP contribution in [0.1, 0.15) is 46.7 Å². The van der Waals surface area contributed by atoms with Crippen LogP contribution in [0.15, 0.2) is 82.6 Å². The lowest BCUT2D eigenvalue weighted by atomic mass is 10.1. The first-order chi connectivity index (χ1) is 22.5. The number of ether oxygens (including phenoxy) is 1. The Morgan fingerprint density at radius 1 is 0.760 bits per heavy atom. The molecule has 2 aliphatic heterocycles. The molecule has 270 valence electrons. The third-order valence-corrected chi connectivity index (χ3v) is 11.5. The third-order valence-electron chi connectivity index (χ3n) is 7.18. The molecule has 1 amide bonds. The van der Waals surface area contributed by atoms with Crippen molar-refractivity contribution in [3.8, 4) is 0 Å². The molecule has 0 saturated heterocycles. The van der Waals surface area contributed by atoms with E-state index in [0.717, 1.165) is 6.07 Å². The molecule has 0 aliphatic carbocycles. The van der Waals surface area contributed by atoms with E-state index in [0.29, 0.717) is 28.1 Å². The van der Waals surface area contributed by atoms with Crippen LogP contribution in [0.2, 0.25) is 10.0 Å². The Morgan fingerprint density at radius 2 is 1.22 bits per heavy atom. The van der Waals surface area contributed by atoms with Crippen LogP contribution in [-0.2, 0) is 37.9 Å². The predicted molar refractivity (Wildman–Crippen MR) is 190 cm³/mol. The molecule has 50 heavy (non-hydrogen) atoms. The molecule has 2 heterocycles. The first kappa shape index (κ1) is 42.0. The minimum atomic E-state index is -3.54. The number of halogens is 4. The van der Waals surface area contributed by atoms with Crippen LogP contribution < -0.4 is 11.1 Å². The summed E-state index contributed by atoms with van der Waals surface area (Å²) >= 11 is 11.0. The normalized spacial score (nSPS) is 14.9. The Kier molecular flexibility index (Phi) is 14.1. The van der Waals surface area contributed by atoms with Crippen LogP contribution in [0, 0.1) is 11.6 Å². The van der Waals surface area contributed by atoms with Gasteiger partial charge in [-0.2, -0.15) is 8.61 Å².